The highest BCUT2D eigenvalue weighted by Crippen LogP contribution is 2.30. The lowest BCUT2D eigenvalue weighted by molar-refractivity contribution is 0.0683. The number of methoxy groups -OCH3 is 2. The van der Waals surface area contributed by atoms with Gasteiger partial charge in [-0.05, 0) is 97.5 Å². The molecular formula is C39H43N3O5. The summed E-state index contributed by atoms with van der Waals surface area (Å²) < 4.78 is 18.2. The Morgan fingerprint density at radius 1 is 0.894 bits per heavy atom. The molecule has 5 rings (SSSR count). The van der Waals surface area contributed by atoms with Crippen LogP contribution in [0.1, 0.15) is 68.0 Å². The van der Waals surface area contributed by atoms with Crippen molar-refractivity contribution < 1.29 is 19.0 Å². The fourth-order valence-electron chi connectivity index (χ4n) is 5.71. The second-order valence-corrected chi connectivity index (χ2v) is 12.5. The summed E-state index contributed by atoms with van der Waals surface area (Å²) in [4.78, 5) is 35.4. The van der Waals surface area contributed by atoms with Crippen LogP contribution >= 0.6 is 0 Å². The van der Waals surface area contributed by atoms with Crippen LogP contribution in [0.5, 0.6) is 17.2 Å². The molecule has 1 atom stereocenters. The summed E-state index contributed by atoms with van der Waals surface area (Å²) in [5.41, 5.74) is 3.64. The van der Waals surface area contributed by atoms with Gasteiger partial charge in [-0.15, -0.1) is 0 Å². The molecule has 1 amide bonds. The molecule has 0 fully saturated rings. The molecule has 4 aromatic carbocycles. The van der Waals surface area contributed by atoms with E-state index < -0.39 is 6.04 Å². The Hall–Kier alpha value is -5.11. The predicted octanol–water partition coefficient (Wildman–Crippen LogP) is 7.55. The maximum atomic E-state index is 14.4. The van der Waals surface area contributed by atoms with Gasteiger partial charge < -0.3 is 19.1 Å². The van der Waals surface area contributed by atoms with E-state index in [2.05, 4.69) is 20.8 Å². The Bertz CT molecular complexity index is 1910. The molecule has 0 aliphatic heterocycles. The molecule has 8 nitrogen and oxygen atoms in total. The molecule has 1 aromatic heterocycles. The quantitative estimate of drug-likeness (QED) is 0.149. The SMILES string of the molecule is CCOc1ccc(-n2c(C(C)N(CCc3ccc(OC)c(OC)c3)C(=O)c3ccc(C(C)(C)C)cc3)nc3ccccc3c2=O)cc1. The third-order valence-electron chi connectivity index (χ3n) is 8.40. The first kappa shape index (κ1) is 33.3. The number of hydrogen-bond acceptors (Lipinski definition) is 6. The molecule has 8 heteroatoms. The van der Waals surface area contributed by atoms with Gasteiger partial charge in [0.1, 0.15) is 11.6 Å². The van der Waals surface area contributed by atoms with E-state index in [-0.39, 0.29) is 16.9 Å². The summed E-state index contributed by atoms with van der Waals surface area (Å²) in [6.45, 7) is 11.2. The molecule has 0 bridgehead atoms. The molecule has 1 unspecified atom stereocenters. The van der Waals surface area contributed by atoms with E-state index >= 15 is 0 Å². The third kappa shape index (κ3) is 7.17. The summed E-state index contributed by atoms with van der Waals surface area (Å²) in [6, 6.07) is 27.6. The number of nitrogens with zero attached hydrogens (tertiary/aromatic N) is 3. The summed E-state index contributed by atoms with van der Waals surface area (Å²) in [6.07, 6.45) is 0.539. The lowest BCUT2D eigenvalue weighted by atomic mass is 9.86. The normalized spacial score (nSPS) is 12.1. The first-order chi connectivity index (χ1) is 22.5. The van der Waals surface area contributed by atoms with Crippen molar-refractivity contribution in [3.8, 4) is 22.9 Å². The lowest BCUT2D eigenvalue weighted by Crippen LogP contribution is -2.38. The molecule has 1 heterocycles. The minimum Gasteiger partial charge on any atom is -0.494 e. The van der Waals surface area contributed by atoms with E-state index in [0.29, 0.717) is 64.8 Å². The number of rotatable bonds is 11. The first-order valence-electron chi connectivity index (χ1n) is 15.9. The van der Waals surface area contributed by atoms with Gasteiger partial charge in [0.05, 0.1) is 43.5 Å². The van der Waals surface area contributed by atoms with Crippen LogP contribution in [0.4, 0.5) is 0 Å². The van der Waals surface area contributed by atoms with Crippen molar-refractivity contribution in [2.24, 2.45) is 0 Å². The Morgan fingerprint density at radius 2 is 1.57 bits per heavy atom. The molecule has 5 aromatic rings. The van der Waals surface area contributed by atoms with Crippen molar-refractivity contribution in [1.29, 1.82) is 0 Å². The van der Waals surface area contributed by atoms with Gasteiger partial charge in [0, 0.05) is 12.1 Å². The highest BCUT2D eigenvalue weighted by molar-refractivity contribution is 5.94. The Morgan fingerprint density at radius 3 is 2.21 bits per heavy atom. The van der Waals surface area contributed by atoms with Crippen molar-refractivity contribution in [1.82, 2.24) is 14.5 Å². The van der Waals surface area contributed by atoms with Crippen LogP contribution in [-0.2, 0) is 11.8 Å². The summed E-state index contributed by atoms with van der Waals surface area (Å²) in [5, 5.41) is 0.498. The van der Waals surface area contributed by atoms with Crippen LogP contribution in [0.2, 0.25) is 0 Å². The van der Waals surface area contributed by atoms with Crippen LogP contribution in [0.15, 0.2) is 95.8 Å². The van der Waals surface area contributed by atoms with Crippen molar-refractivity contribution in [2.45, 2.75) is 52.5 Å². The minimum absolute atomic E-state index is 0.0508. The zero-order valence-electron chi connectivity index (χ0n) is 28.2. The van der Waals surface area contributed by atoms with Crippen molar-refractivity contribution in [3.05, 3.63) is 124 Å². The molecule has 0 aliphatic rings. The van der Waals surface area contributed by atoms with Crippen molar-refractivity contribution in [3.63, 3.8) is 0 Å². The summed E-state index contributed by atoms with van der Waals surface area (Å²) in [5.74, 6) is 2.27. The summed E-state index contributed by atoms with van der Waals surface area (Å²) >= 11 is 0. The van der Waals surface area contributed by atoms with E-state index in [1.165, 1.54) is 0 Å². The van der Waals surface area contributed by atoms with Crippen LogP contribution in [0, 0.1) is 0 Å². The molecule has 0 radical (unpaired) electrons. The topological polar surface area (TPSA) is 82.9 Å². The molecule has 47 heavy (non-hydrogen) atoms. The van der Waals surface area contributed by atoms with Crippen LogP contribution in [0.3, 0.4) is 0 Å². The van der Waals surface area contributed by atoms with Gasteiger partial charge in [-0.1, -0.05) is 51.1 Å². The minimum atomic E-state index is -0.575. The number of fused-ring (bicyclic) bond motifs is 1. The molecule has 0 aliphatic carbocycles. The Balaban J connectivity index is 1.62. The number of hydrogen-bond donors (Lipinski definition) is 0. The maximum absolute atomic E-state index is 14.4. The number of carbonyl (C=O) groups is 1. The molecular weight excluding hydrogens is 590 g/mol. The average Bonchev–Trinajstić information content (AvgIpc) is 3.08. The molecule has 244 valence electrons. The average molecular weight is 634 g/mol. The maximum Gasteiger partial charge on any atom is 0.266 e. The zero-order valence-corrected chi connectivity index (χ0v) is 28.2. The van der Waals surface area contributed by atoms with Crippen LogP contribution in [-0.4, -0.2) is 47.7 Å². The number of aromatic nitrogens is 2. The Kier molecular flexibility index (Phi) is 9.99. The van der Waals surface area contributed by atoms with Gasteiger partial charge in [0.2, 0.25) is 0 Å². The molecule has 0 saturated heterocycles. The number of carbonyl (C=O) groups excluding carboxylic acids is 1. The second-order valence-electron chi connectivity index (χ2n) is 12.5. The van der Waals surface area contributed by atoms with Crippen LogP contribution < -0.4 is 19.8 Å². The van der Waals surface area contributed by atoms with E-state index in [1.807, 2.05) is 98.8 Å². The number of amides is 1. The highest BCUT2D eigenvalue weighted by atomic mass is 16.5. The van der Waals surface area contributed by atoms with E-state index in [1.54, 1.807) is 29.8 Å². The fourth-order valence-corrected chi connectivity index (χ4v) is 5.71. The van der Waals surface area contributed by atoms with Gasteiger partial charge in [-0.3, -0.25) is 14.2 Å². The van der Waals surface area contributed by atoms with E-state index in [9.17, 15) is 9.59 Å². The lowest BCUT2D eigenvalue weighted by Gasteiger charge is -2.31. The van der Waals surface area contributed by atoms with Gasteiger partial charge >= 0.3 is 0 Å². The number of para-hydroxylation sites is 1. The highest BCUT2D eigenvalue weighted by Gasteiger charge is 2.28. The van der Waals surface area contributed by atoms with E-state index in [4.69, 9.17) is 19.2 Å². The van der Waals surface area contributed by atoms with Gasteiger partial charge in [-0.25, -0.2) is 4.98 Å². The largest absolute Gasteiger partial charge is 0.494 e. The first-order valence-corrected chi connectivity index (χ1v) is 15.9. The molecule has 0 spiro atoms. The number of ether oxygens (including phenoxy) is 3. The van der Waals surface area contributed by atoms with Gasteiger partial charge in [0.15, 0.2) is 11.5 Å². The third-order valence-corrected chi connectivity index (χ3v) is 8.40. The molecule has 0 N–H and O–H groups in total. The number of benzene rings is 4. The second kappa shape index (κ2) is 14.1. The van der Waals surface area contributed by atoms with Crippen molar-refractivity contribution in [2.75, 3.05) is 27.4 Å². The van der Waals surface area contributed by atoms with Gasteiger partial charge in [-0.2, -0.15) is 0 Å². The van der Waals surface area contributed by atoms with Gasteiger partial charge in [0.25, 0.3) is 11.5 Å². The zero-order chi connectivity index (χ0) is 33.7. The fraction of sp³-hybridized carbons (Fsp3) is 0.308. The monoisotopic (exact) mass is 633 g/mol. The predicted molar refractivity (Wildman–Crippen MR) is 186 cm³/mol. The Labute approximate surface area is 276 Å². The van der Waals surface area contributed by atoms with Crippen molar-refractivity contribution >= 4 is 16.8 Å². The smallest absolute Gasteiger partial charge is 0.266 e. The molecule has 0 saturated carbocycles. The van der Waals surface area contributed by atoms with E-state index in [0.717, 1.165) is 11.1 Å². The van der Waals surface area contributed by atoms with Crippen LogP contribution in [0.25, 0.3) is 16.6 Å². The standard InChI is InChI=1S/C39H43N3O5/c1-8-47-31-20-18-30(19-21-31)42-36(40-33-12-10-9-11-32(33)38(42)44)26(2)41(24-23-27-13-22-34(45-6)35(25-27)46-7)37(43)28-14-16-29(17-15-28)39(3,4)5/h9-22,25-26H,8,23-24H2,1-7H3. The summed E-state index contributed by atoms with van der Waals surface area (Å²) in [7, 11) is 3.21.